The summed E-state index contributed by atoms with van der Waals surface area (Å²) in [5.74, 6) is 0. The van der Waals surface area contributed by atoms with Crippen LogP contribution in [0.5, 0.6) is 0 Å². The van der Waals surface area contributed by atoms with Gasteiger partial charge in [0.25, 0.3) is 0 Å². The average molecular weight is 232 g/mol. The van der Waals surface area contributed by atoms with Crippen molar-refractivity contribution in [3.63, 3.8) is 0 Å². The molecule has 0 bridgehead atoms. The van der Waals surface area contributed by atoms with Crippen LogP contribution in [0.2, 0.25) is 0 Å². The van der Waals surface area contributed by atoms with Crippen LogP contribution >= 0.6 is 0 Å². The number of benzene rings is 1. The fourth-order valence-corrected chi connectivity index (χ4v) is 1.72. The fourth-order valence-electron chi connectivity index (χ4n) is 1.72. The van der Waals surface area contributed by atoms with E-state index < -0.39 is 0 Å². The van der Waals surface area contributed by atoms with Crippen molar-refractivity contribution in [2.24, 2.45) is 0 Å². The highest BCUT2D eigenvalue weighted by Gasteiger charge is 1.95. The van der Waals surface area contributed by atoms with Gasteiger partial charge in [-0.3, -0.25) is 0 Å². The van der Waals surface area contributed by atoms with E-state index in [0.29, 0.717) is 0 Å². The van der Waals surface area contributed by atoms with Crippen molar-refractivity contribution in [3.05, 3.63) is 42.0 Å². The molecule has 1 rings (SSSR count). The molecule has 0 saturated heterocycles. The molecule has 0 aliphatic rings. The van der Waals surface area contributed by atoms with Crippen LogP contribution in [-0.4, -0.2) is 37.6 Å². The Kier molecular flexibility index (Phi) is 7.35. The van der Waals surface area contributed by atoms with E-state index >= 15 is 0 Å². The minimum absolute atomic E-state index is 0.941. The lowest BCUT2D eigenvalue weighted by atomic mass is 10.2. The van der Waals surface area contributed by atoms with Gasteiger partial charge >= 0.3 is 0 Å². The highest BCUT2D eigenvalue weighted by molar-refractivity contribution is 5.48. The molecule has 0 spiro atoms. The Morgan fingerprint density at radius 2 is 1.82 bits per heavy atom. The topological polar surface area (TPSA) is 15.3 Å². The molecule has 1 aromatic carbocycles. The molecule has 0 fully saturated rings. The van der Waals surface area contributed by atoms with Crippen LogP contribution in [0.1, 0.15) is 19.4 Å². The first-order valence-electron chi connectivity index (χ1n) is 6.51. The van der Waals surface area contributed by atoms with Crippen LogP contribution in [-0.2, 0) is 0 Å². The number of nitrogens with zero attached hydrogens (tertiary/aromatic N) is 1. The number of nitrogens with one attached hydrogen (secondary N) is 1. The van der Waals surface area contributed by atoms with Crippen molar-refractivity contribution < 1.29 is 0 Å². The largest absolute Gasteiger partial charge is 0.312 e. The molecular formula is C15H24N2. The van der Waals surface area contributed by atoms with Gasteiger partial charge in [0.15, 0.2) is 0 Å². The third-order valence-corrected chi connectivity index (χ3v) is 2.87. The SMILES string of the molecule is CCN(CC)CCNC/C=C/c1ccccc1. The first kappa shape index (κ1) is 13.9. The zero-order chi connectivity index (χ0) is 12.3. The molecule has 2 nitrogen and oxygen atoms in total. The van der Waals surface area contributed by atoms with Crippen LogP contribution in [0.4, 0.5) is 0 Å². The lowest BCUT2D eigenvalue weighted by molar-refractivity contribution is 0.304. The van der Waals surface area contributed by atoms with Crippen LogP contribution in [0.3, 0.4) is 0 Å². The Hall–Kier alpha value is -1.12. The first-order chi connectivity index (χ1) is 8.36. The summed E-state index contributed by atoms with van der Waals surface area (Å²) in [4.78, 5) is 2.42. The van der Waals surface area contributed by atoms with Crippen molar-refractivity contribution in [2.75, 3.05) is 32.7 Å². The van der Waals surface area contributed by atoms with Gasteiger partial charge in [0, 0.05) is 19.6 Å². The second-order valence-electron chi connectivity index (χ2n) is 4.04. The second-order valence-corrected chi connectivity index (χ2v) is 4.04. The number of hydrogen-bond donors (Lipinski definition) is 1. The summed E-state index contributed by atoms with van der Waals surface area (Å²) in [5.41, 5.74) is 1.26. The van der Waals surface area contributed by atoms with Crippen LogP contribution in [0.25, 0.3) is 6.08 Å². The number of hydrogen-bond acceptors (Lipinski definition) is 2. The van der Waals surface area contributed by atoms with E-state index in [4.69, 9.17) is 0 Å². The summed E-state index contributed by atoms with van der Waals surface area (Å²) in [6.07, 6.45) is 4.34. The molecule has 0 saturated carbocycles. The quantitative estimate of drug-likeness (QED) is 0.693. The Balaban J connectivity index is 2.10. The maximum Gasteiger partial charge on any atom is 0.0138 e. The molecular weight excluding hydrogens is 208 g/mol. The van der Waals surface area contributed by atoms with Gasteiger partial charge in [-0.15, -0.1) is 0 Å². The van der Waals surface area contributed by atoms with E-state index in [-0.39, 0.29) is 0 Å². The van der Waals surface area contributed by atoms with Crippen LogP contribution in [0, 0.1) is 0 Å². The van der Waals surface area contributed by atoms with E-state index in [2.05, 4.69) is 60.5 Å². The molecule has 0 atom stereocenters. The van der Waals surface area contributed by atoms with Gasteiger partial charge in [-0.25, -0.2) is 0 Å². The molecule has 2 heteroatoms. The van der Waals surface area contributed by atoms with Gasteiger partial charge in [0.2, 0.25) is 0 Å². The van der Waals surface area contributed by atoms with Crippen molar-refractivity contribution >= 4 is 6.08 Å². The highest BCUT2D eigenvalue weighted by Crippen LogP contribution is 1.99. The highest BCUT2D eigenvalue weighted by atomic mass is 15.1. The Morgan fingerprint density at radius 3 is 2.47 bits per heavy atom. The summed E-state index contributed by atoms with van der Waals surface area (Å²) in [6.45, 7) is 9.82. The maximum absolute atomic E-state index is 3.43. The summed E-state index contributed by atoms with van der Waals surface area (Å²) in [7, 11) is 0. The standard InChI is InChI=1S/C15H24N2/c1-3-17(4-2)14-13-16-12-8-11-15-9-6-5-7-10-15/h5-11,16H,3-4,12-14H2,1-2H3/b11-8+. The Morgan fingerprint density at radius 1 is 1.12 bits per heavy atom. The number of rotatable bonds is 8. The third-order valence-electron chi connectivity index (χ3n) is 2.87. The van der Waals surface area contributed by atoms with Crippen molar-refractivity contribution in [1.29, 1.82) is 0 Å². The normalized spacial score (nSPS) is 11.5. The molecule has 0 aliphatic heterocycles. The minimum Gasteiger partial charge on any atom is -0.312 e. The maximum atomic E-state index is 3.43. The second kappa shape index (κ2) is 8.97. The summed E-state index contributed by atoms with van der Waals surface area (Å²) < 4.78 is 0. The molecule has 0 aliphatic carbocycles. The molecule has 0 aromatic heterocycles. The van der Waals surface area contributed by atoms with Gasteiger partial charge in [-0.2, -0.15) is 0 Å². The van der Waals surface area contributed by atoms with Crippen molar-refractivity contribution in [1.82, 2.24) is 10.2 Å². The minimum atomic E-state index is 0.941. The first-order valence-corrected chi connectivity index (χ1v) is 6.51. The van der Waals surface area contributed by atoms with Gasteiger partial charge in [-0.05, 0) is 18.7 Å². The predicted octanol–water partition coefficient (Wildman–Crippen LogP) is 2.63. The van der Waals surface area contributed by atoms with Crippen LogP contribution in [0.15, 0.2) is 36.4 Å². The molecule has 0 heterocycles. The van der Waals surface area contributed by atoms with Gasteiger partial charge in [-0.1, -0.05) is 56.3 Å². The molecule has 1 N–H and O–H groups in total. The molecule has 94 valence electrons. The lowest BCUT2D eigenvalue weighted by Crippen LogP contribution is -2.31. The molecule has 0 unspecified atom stereocenters. The van der Waals surface area contributed by atoms with E-state index in [0.717, 1.165) is 32.7 Å². The molecule has 0 radical (unpaired) electrons. The predicted molar refractivity (Wildman–Crippen MR) is 76.1 cm³/mol. The van der Waals surface area contributed by atoms with Crippen molar-refractivity contribution in [3.8, 4) is 0 Å². The zero-order valence-corrected chi connectivity index (χ0v) is 11.0. The molecule has 17 heavy (non-hydrogen) atoms. The average Bonchev–Trinajstić information content (AvgIpc) is 2.39. The molecule has 1 aromatic rings. The smallest absolute Gasteiger partial charge is 0.0138 e. The Labute approximate surface area is 105 Å². The van der Waals surface area contributed by atoms with Gasteiger partial charge in [0.05, 0.1) is 0 Å². The zero-order valence-electron chi connectivity index (χ0n) is 11.0. The van der Waals surface area contributed by atoms with E-state index in [1.807, 2.05) is 6.07 Å². The van der Waals surface area contributed by atoms with Gasteiger partial charge < -0.3 is 10.2 Å². The van der Waals surface area contributed by atoms with Gasteiger partial charge in [0.1, 0.15) is 0 Å². The van der Waals surface area contributed by atoms with Crippen molar-refractivity contribution in [2.45, 2.75) is 13.8 Å². The third kappa shape index (κ3) is 6.25. The van der Waals surface area contributed by atoms with E-state index in [1.165, 1.54) is 5.56 Å². The summed E-state index contributed by atoms with van der Waals surface area (Å²) in [5, 5.41) is 3.43. The number of likely N-dealkylation sites (N-methyl/N-ethyl adjacent to an activating group) is 1. The van der Waals surface area contributed by atoms with E-state index in [9.17, 15) is 0 Å². The Bertz CT molecular complexity index is 302. The monoisotopic (exact) mass is 232 g/mol. The lowest BCUT2D eigenvalue weighted by Gasteiger charge is -2.17. The summed E-state index contributed by atoms with van der Waals surface area (Å²) in [6, 6.07) is 10.4. The van der Waals surface area contributed by atoms with E-state index in [1.54, 1.807) is 0 Å². The van der Waals surface area contributed by atoms with Crippen LogP contribution < -0.4 is 5.32 Å². The molecule has 0 amide bonds. The summed E-state index contributed by atoms with van der Waals surface area (Å²) >= 11 is 0. The fraction of sp³-hybridized carbons (Fsp3) is 0.467.